The summed E-state index contributed by atoms with van der Waals surface area (Å²) in [4.78, 5) is 41.5. The fourth-order valence-corrected chi connectivity index (χ4v) is 3.96. The second-order valence-corrected chi connectivity index (χ2v) is 8.76. The number of methoxy groups -OCH3 is 1. The fraction of sp³-hybridized carbons (Fsp3) is 0.500. The van der Waals surface area contributed by atoms with Crippen LogP contribution < -0.4 is 10.1 Å². The minimum Gasteiger partial charge on any atom is -0.491 e. The van der Waals surface area contributed by atoms with Crippen LogP contribution in [0, 0.1) is 12.8 Å². The number of amides is 3. The average molecular weight is 473 g/mol. The van der Waals surface area contributed by atoms with Crippen molar-refractivity contribution in [3.05, 3.63) is 41.3 Å². The van der Waals surface area contributed by atoms with Gasteiger partial charge in [0.05, 0.1) is 17.7 Å². The van der Waals surface area contributed by atoms with E-state index >= 15 is 0 Å². The zero-order valence-electron chi connectivity index (χ0n) is 20.5. The lowest BCUT2D eigenvalue weighted by molar-refractivity contribution is -0.133. The highest BCUT2D eigenvalue weighted by Gasteiger charge is 2.29. The van der Waals surface area contributed by atoms with Gasteiger partial charge in [-0.05, 0) is 32.0 Å². The number of nitrogens with zero attached hydrogens (tertiary/aromatic N) is 3. The number of anilines is 1. The Bertz CT molecular complexity index is 1050. The number of ether oxygens (including phenoxy) is 2. The maximum Gasteiger partial charge on any atom is 0.277 e. The zero-order chi connectivity index (χ0) is 25.0. The molecular weight excluding hydrogens is 440 g/mol. The van der Waals surface area contributed by atoms with Crippen molar-refractivity contribution in [3.63, 3.8) is 0 Å². The Kier molecular flexibility index (Phi) is 7.93. The van der Waals surface area contributed by atoms with Crippen LogP contribution in [-0.2, 0) is 9.53 Å². The molecule has 0 radical (unpaired) electrons. The van der Waals surface area contributed by atoms with Gasteiger partial charge in [-0.1, -0.05) is 12.1 Å². The molecule has 3 amide bonds. The molecule has 0 spiro atoms. The summed E-state index contributed by atoms with van der Waals surface area (Å²) >= 11 is 0. The lowest BCUT2D eigenvalue weighted by Gasteiger charge is -2.35. The number of nitrogens with one attached hydrogen (secondary N) is 1. The molecule has 3 rings (SSSR count). The molecule has 3 atom stereocenters. The number of carbonyl (C=O) groups excluding carboxylic acids is 3. The normalized spacial score (nSPS) is 21.7. The van der Waals surface area contributed by atoms with Gasteiger partial charge in [-0.25, -0.2) is 0 Å². The van der Waals surface area contributed by atoms with Crippen molar-refractivity contribution >= 4 is 23.4 Å². The number of aromatic nitrogens is 1. The van der Waals surface area contributed by atoms with Crippen LogP contribution in [0.2, 0.25) is 0 Å². The first-order valence-electron chi connectivity index (χ1n) is 11.2. The van der Waals surface area contributed by atoms with Crippen molar-refractivity contribution in [2.75, 3.05) is 39.2 Å². The highest BCUT2D eigenvalue weighted by molar-refractivity contribution is 6.04. The minimum absolute atomic E-state index is 0.0120. The first-order valence-corrected chi connectivity index (χ1v) is 11.2. The SMILES string of the molecule is CO[C@@H]1CN(C)C(=O)c2cc(NC(=O)c3cc(C)on3)ccc2OC[C@H](C)N(C(C)=O)C[C@@H]1C. The average Bonchev–Trinajstić information content (AvgIpc) is 3.24. The summed E-state index contributed by atoms with van der Waals surface area (Å²) in [6.07, 6.45) is -0.273. The van der Waals surface area contributed by atoms with Gasteiger partial charge in [-0.15, -0.1) is 0 Å². The zero-order valence-corrected chi connectivity index (χ0v) is 20.5. The van der Waals surface area contributed by atoms with E-state index in [1.165, 1.54) is 13.0 Å². The Morgan fingerprint density at radius 3 is 2.56 bits per heavy atom. The number of aryl methyl sites for hydroxylation is 1. The van der Waals surface area contributed by atoms with E-state index in [4.69, 9.17) is 14.0 Å². The van der Waals surface area contributed by atoms with Gasteiger partial charge in [-0.2, -0.15) is 0 Å². The van der Waals surface area contributed by atoms with Crippen LogP contribution in [0.5, 0.6) is 5.75 Å². The Balaban J connectivity index is 1.94. The number of likely N-dealkylation sites (N-methyl/N-ethyl adjacent to an activating group) is 1. The van der Waals surface area contributed by atoms with E-state index in [-0.39, 0.29) is 42.2 Å². The molecule has 184 valence electrons. The van der Waals surface area contributed by atoms with Crippen molar-refractivity contribution in [2.45, 2.75) is 39.8 Å². The van der Waals surface area contributed by atoms with Crippen LogP contribution >= 0.6 is 0 Å². The summed E-state index contributed by atoms with van der Waals surface area (Å²) in [5.41, 5.74) is 0.846. The summed E-state index contributed by atoms with van der Waals surface area (Å²) in [7, 11) is 3.29. The maximum absolute atomic E-state index is 13.4. The van der Waals surface area contributed by atoms with Crippen molar-refractivity contribution in [1.29, 1.82) is 0 Å². The van der Waals surface area contributed by atoms with Gasteiger partial charge in [0.15, 0.2) is 5.69 Å². The summed E-state index contributed by atoms with van der Waals surface area (Å²) < 4.78 is 16.6. The lowest BCUT2D eigenvalue weighted by Crippen LogP contribution is -2.48. The van der Waals surface area contributed by atoms with Crippen LogP contribution in [0.1, 0.15) is 47.4 Å². The fourth-order valence-electron chi connectivity index (χ4n) is 3.96. The van der Waals surface area contributed by atoms with Crippen LogP contribution in [0.25, 0.3) is 0 Å². The van der Waals surface area contributed by atoms with E-state index in [1.807, 2.05) is 13.8 Å². The molecule has 1 aliphatic heterocycles. The van der Waals surface area contributed by atoms with Crippen LogP contribution in [0.15, 0.2) is 28.8 Å². The third-order valence-corrected chi connectivity index (χ3v) is 5.97. The van der Waals surface area contributed by atoms with E-state index in [0.29, 0.717) is 35.9 Å². The van der Waals surface area contributed by atoms with E-state index in [0.717, 1.165) is 0 Å². The smallest absolute Gasteiger partial charge is 0.277 e. The lowest BCUT2D eigenvalue weighted by atomic mass is 10.0. The minimum atomic E-state index is -0.453. The molecule has 0 aliphatic carbocycles. The van der Waals surface area contributed by atoms with Crippen molar-refractivity contribution in [2.24, 2.45) is 5.92 Å². The molecule has 2 heterocycles. The molecule has 0 unspecified atom stereocenters. The number of fused-ring (bicyclic) bond motifs is 1. The Morgan fingerprint density at radius 1 is 1.21 bits per heavy atom. The first kappa shape index (κ1) is 25.2. The Hall–Kier alpha value is -3.40. The third-order valence-electron chi connectivity index (χ3n) is 5.97. The highest BCUT2D eigenvalue weighted by atomic mass is 16.5. The predicted molar refractivity (Wildman–Crippen MR) is 125 cm³/mol. The van der Waals surface area contributed by atoms with Gasteiger partial charge in [-0.3, -0.25) is 14.4 Å². The number of benzene rings is 1. The molecule has 2 aromatic rings. The van der Waals surface area contributed by atoms with Gasteiger partial charge in [0.1, 0.15) is 18.1 Å². The number of carbonyl (C=O) groups is 3. The second-order valence-electron chi connectivity index (χ2n) is 8.76. The number of hydrogen-bond donors (Lipinski definition) is 1. The molecule has 0 bridgehead atoms. The maximum atomic E-state index is 13.4. The Morgan fingerprint density at radius 2 is 1.94 bits per heavy atom. The summed E-state index contributed by atoms with van der Waals surface area (Å²) in [5.74, 6) is 0.0937. The van der Waals surface area contributed by atoms with Gasteiger partial charge in [0.25, 0.3) is 11.8 Å². The molecular formula is C24H32N4O6. The summed E-state index contributed by atoms with van der Waals surface area (Å²) in [6, 6.07) is 6.17. The quantitative estimate of drug-likeness (QED) is 0.730. The molecule has 1 aromatic carbocycles. The molecule has 0 saturated heterocycles. The number of rotatable bonds is 3. The van der Waals surface area contributed by atoms with E-state index in [2.05, 4.69) is 10.5 Å². The largest absolute Gasteiger partial charge is 0.491 e. The molecule has 1 aromatic heterocycles. The number of hydrogen-bond acceptors (Lipinski definition) is 7. The van der Waals surface area contributed by atoms with Crippen LogP contribution in [0.4, 0.5) is 5.69 Å². The van der Waals surface area contributed by atoms with Gasteiger partial charge in [0.2, 0.25) is 5.91 Å². The molecule has 0 fully saturated rings. The first-order chi connectivity index (χ1) is 16.1. The highest BCUT2D eigenvalue weighted by Crippen LogP contribution is 2.27. The van der Waals surface area contributed by atoms with Crippen molar-refractivity contribution in [3.8, 4) is 5.75 Å². The Labute approximate surface area is 199 Å². The van der Waals surface area contributed by atoms with Crippen molar-refractivity contribution in [1.82, 2.24) is 15.0 Å². The van der Waals surface area contributed by atoms with Gasteiger partial charge < -0.3 is 29.1 Å². The second kappa shape index (κ2) is 10.7. The van der Waals surface area contributed by atoms with Crippen LogP contribution in [-0.4, -0.2) is 78.7 Å². The molecule has 0 saturated carbocycles. The molecule has 1 N–H and O–H groups in total. The van der Waals surface area contributed by atoms with Crippen LogP contribution in [0.3, 0.4) is 0 Å². The van der Waals surface area contributed by atoms with E-state index in [1.54, 1.807) is 49.1 Å². The molecule has 1 aliphatic rings. The molecule has 34 heavy (non-hydrogen) atoms. The summed E-state index contributed by atoms with van der Waals surface area (Å²) in [5, 5.41) is 6.45. The van der Waals surface area contributed by atoms with E-state index < -0.39 is 5.91 Å². The van der Waals surface area contributed by atoms with Crippen molar-refractivity contribution < 1.29 is 28.4 Å². The summed E-state index contributed by atoms with van der Waals surface area (Å²) in [6.45, 7) is 8.15. The topological polar surface area (TPSA) is 114 Å². The van der Waals surface area contributed by atoms with Gasteiger partial charge in [0, 0.05) is 51.8 Å². The molecule has 10 heteroatoms. The standard InChI is InChI=1S/C24H32N4O6/c1-14-11-28(17(4)29)15(2)13-33-21-8-7-18(25-23(30)20-9-16(3)34-26-20)10-19(21)24(31)27(5)12-22(14)32-6/h7-10,14-15,22H,11-13H2,1-6H3,(H,25,30)/t14-,15-,22+/m0/s1. The monoisotopic (exact) mass is 472 g/mol. The van der Waals surface area contributed by atoms with E-state index in [9.17, 15) is 14.4 Å². The third kappa shape index (κ3) is 5.74. The predicted octanol–water partition coefficient (Wildman–Crippen LogP) is 2.59. The molecule has 10 nitrogen and oxygen atoms in total. The van der Waals surface area contributed by atoms with Gasteiger partial charge >= 0.3 is 0 Å².